The Balaban J connectivity index is 2.03. The number of nitrogens with one attached hydrogen (secondary N) is 2. The molecule has 1 aromatic heterocycles. The molecule has 106 valence electrons. The Morgan fingerprint density at radius 2 is 1.84 bits per heavy atom. The Labute approximate surface area is 114 Å². The summed E-state index contributed by atoms with van der Waals surface area (Å²) in [6.07, 6.45) is 1.79. The first kappa shape index (κ1) is 14.2. The van der Waals surface area contributed by atoms with Crippen LogP contribution in [0.5, 0.6) is 0 Å². The minimum Gasteiger partial charge on any atom is -0.317 e. The first-order valence-electron chi connectivity index (χ1n) is 6.48. The van der Waals surface area contributed by atoms with Crippen LogP contribution in [0.15, 0.2) is 6.07 Å². The van der Waals surface area contributed by atoms with Gasteiger partial charge in [-0.1, -0.05) is 0 Å². The fraction of sp³-hybridized carbons (Fsp3) is 0.667. The molecule has 2 heterocycles. The smallest absolute Gasteiger partial charge is 0.236 e. The second-order valence-electron chi connectivity index (χ2n) is 5.05. The zero-order valence-electron chi connectivity index (χ0n) is 11.3. The van der Waals surface area contributed by atoms with Crippen LogP contribution < -0.4 is 10.0 Å². The summed E-state index contributed by atoms with van der Waals surface area (Å²) in [6, 6.07) is 1.81. The lowest BCUT2D eigenvalue weighted by Gasteiger charge is -2.22. The van der Waals surface area contributed by atoms with Gasteiger partial charge < -0.3 is 5.32 Å². The number of aryl methyl sites for hydroxylation is 2. The van der Waals surface area contributed by atoms with Gasteiger partial charge in [0.15, 0.2) is 0 Å². The third-order valence-electron chi connectivity index (χ3n) is 3.14. The second kappa shape index (κ2) is 5.83. The van der Waals surface area contributed by atoms with E-state index in [0.29, 0.717) is 0 Å². The molecule has 0 unspecified atom stereocenters. The van der Waals surface area contributed by atoms with Crippen LogP contribution >= 0.6 is 0 Å². The molecule has 1 aliphatic rings. The van der Waals surface area contributed by atoms with Gasteiger partial charge in [-0.15, -0.1) is 0 Å². The maximum absolute atomic E-state index is 12.1. The molecule has 0 aromatic carbocycles. The molecule has 7 heteroatoms. The van der Waals surface area contributed by atoms with Crippen molar-refractivity contribution in [1.82, 2.24) is 15.3 Å². The van der Waals surface area contributed by atoms with E-state index >= 15 is 0 Å². The standard InChI is InChI=1S/C12H20N4O2S/c1-9-7-10(2)15-12(14-9)16-19(17,18)8-11-3-5-13-6-4-11/h7,11,13H,3-6,8H2,1-2H3,(H,14,15,16). The lowest BCUT2D eigenvalue weighted by molar-refractivity contribution is 0.402. The molecule has 0 radical (unpaired) electrons. The number of nitrogens with zero attached hydrogens (tertiary/aromatic N) is 2. The number of rotatable bonds is 4. The molecule has 0 atom stereocenters. The van der Waals surface area contributed by atoms with Crippen LogP contribution in [0.2, 0.25) is 0 Å². The van der Waals surface area contributed by atoms with Crippen molar-refractivity contribution in [1.29, 1.82) is 0 Å². The number of piperidine rings is 1. The van der Waals surface area contributed by atoms with Crippen LogP contribution in [0.3, 0.4) is 0 Å². The third-order valence-corrected chi connectivity index (χ3v) is 4.55. The fourth-order valence-corrected chi connectivity index (χ4v) is 3.72. The van der Waals surface area contributed by atoms with Crippen molar-refractivity contribution in [3.63, 3.8) is 0 Å². The van der Waals surface area contributed by atoms with Gasteiger partial charge in [-0.05, 0) is 51.8 Å². The zero-order chi connectivity index (χ0) is 13.9. The van der Waals surface area contributed by atoms with Crippen molar-refractivity contribution in [3.05, 3.63) is 17.5 Å². The number of anilines is 1. The summed E-state index contributed by atoms with van der Waals surface area (Å²) in [6.45, 7) is 5.42. The Hall–Kier alpha value is -1.21. The molecule has 1 fully saturated rings. The van der Waals surface area contributed by atoms with E-state index < -0.39 is 10.0 Å². The van der Waals surface area contributed by atoms with Crippen molar-refractivity contribution in [2.75, 3.05) is 23.6 Å². The van der Waals surface area contributed by atoms with Gasteiger partial charge in [0, 0.05) is 11.4 Å². The lowest BCUT2D eigenvalue weighted by Crippen LogP contribution is -2.33. The quantitative estimate of drug-likeness (QED) is 0.855. The summed E-state index contributed by atoms with van der Waals surface area (Å²) in [4.78, 5) is 8.20. The summed E-state index contributed by atoms with van der Waals surface area (Å²) in [5.41, 5.74) is 1.51. The number of hydrogen-bond donors (Lipinski definition) is 2. The number of aromatic nitrogens is 2. The van der Waals surface area contributed by atoms with Gasteiger partial charge in [0.1, 0.15) is 0 Å². The molecule has 2 N–H and O–H groups in total. The molecular formula is C12H20N4O2S. The molecule has 1 aromatic rings. The molecule has 1 aliphatic heterocycles. The highest BCUT2D eigenvalue weighted by molar-refractivity contribution is 7.92. The minimum atomic E-state index is -3.37. The topological polar surface area (TPSA) is 84.0 Å². The Bertz CT molecular complexity index is 518. The van der Waals surface area contributed by atoms with Crippen LogP contribution in [0.4, 0.5) is 5.95 Å². The number of hydrogen-bond acceptors (Lipinski definition) is 5. The molecule has 19 heavy (non-hydrogen) atoms. The van der Waals surface area contributed by atoms with E-state index in [1.54, 1.807) is 0 Å². The normalized spacial score (nSPS) is 17.4. The maximum atomic E-state index is 12.1. The molecule has 1 saturated heterocycles. The summed E-state index contributed by atoms with van der Waals surface area (Å²) in [7, 11) is -3.37. The van der Waals surface area contributed by atoms with Crippen molar-refractivity contribution in [2.24, 2.45) is 5.92 Å². The fourth-order valence-electron chi connectivity index (χ4n) is 2.31. The average molecular weight is 284 g/mol. The van der Waals surface area contributed by atoms with Crippen molar-refractivity contribution < 1.29 is 8.42 Å². The SMILES string of the molecule is Cc1cc(C)nc(NS(=O)(=O)CC2CCNCC2)n1. The Kier molecular flexibility index (Phi) is 4.36. The second-order valence-corrected chi connectivity index (χ2v) is 6.82. The molecule has 2 rings (SSSR count). The van der Waals surface area contributed by atoms with Crippen LogP contribution in [0.1, 0.15) is 24.2 Å². The van der Waals surface area contributed by atoms with Crippen LogP contribution in [-0.2, 0) is 10.0 Å². The zero-order valence-corrected chi connectivity index (χ0v) is 12.1. The van der Waals surface area contributed by atoms with E-state index in [9.17, 15) is 8.42 Å². The van der Waals surface area contributed by atoms with Gasteiger partial charge in [-0.2, -0.15) is 0 Å². The molecular weight excluding hydrogens is 264 g/mol. The highest BCUT2D eigenvalue weighted by atomic mass is 32.2. The van der Waals surface area contributed by atoms with E-state index in [-0.39, 0.29) is 17.6 Å². The van der Waals surface area contributed by atoms with Gasteiger partial charge in [0.25, 0.3) is 0 Å². The van der Waals surface area contributed by atoms with E-state index in [1.807, 2.05) is 19.9 Å². The van der Waals surface area contributed by atoms with Crippen molar-refractivity contribution >= 4 is 16.0 Å². The molecule has 6 nitrogen and oxygen atoms in total. The predicted octanol–water partition coefficient (Wildman–Crippen LogP) is 0.835. The summed E-state index contributed by atoms with van der Waals surface area (Å²) >= 11 is 0. The van der Waals surface area contributed by atoms with E-state index in [1.165, 1.54) is 0 Å². The maximum Gasteiger partial charge on any atom is 0.236 e. The van der Waals surface area contributed by atoms with Gasteiger partial charge in [-0.3, -0.25) is 4.72 Å². The van der Waals surface area contributed by atoms with E-state index in [4.69, 9.17) is 0 Å². The highest BCUT2D eigenvalue weighted by Crippen LogP contribution is 2.15. The van der Waals surface area contributed by atoms with Crippen LogP contribution in [0.25, 0.3) is 0 Å². The van der Waals surface area contributed by atoms with Crippen LogP contribution in [0, 0.1) is 19.8 Å². The van der Waals surface area contributed by atoms with E-state index in [2.05, 4.69) is 20.0 Å². The Morgan fingerprint density at radius 1 is 1.26 bits per heavy atom. The lowest BCUT2D eigenvalue weighted by atomic mass is 10.0. The summed E-state index contributed by atoms with van der Waals surface area (Å²) in [5, 5.41) is 3.23. The molecule has 0 amide bonds. The molecule has 0 bridgehead atoms. The predicted molar refractivity (Wildman–Crippen MR) is 74.5 cm³/mol. The van der Waals surface area contributed by atoms with E-state index in [0.717, 1.165) is 37.3 Å². The summed E-state index contributed by atoms with van der Waals surface area (Å²) < 4.78 is 26.6. The first-order valence-corrected chi connectivity index (χ1v) is 8.13. The average Bonchev–Trinajstić information content (AvgIpc) is 2.27. The molecule has 0 spiro atoms. The van der Waals surface area contributed by atoms with Gasteiger partial charge in [-0.25, -0.2) is 18.4 Å². The monoisotopic (exact) mass is 284 g/mol. The largest absolute Gasteiger partial charge is 0.317 e. The number of sulfonamides is 1. The highest BCUT2D eigenvalue weighted by Gasteiger charge is 2.22. The van der Waals surface area contributed by atoms with Gasteiger partial charge >= 0.3 is 0 Å². The minimum absolute atomic E-state index is 0.144. The summed E-state index contributed by atoms with van der Waals surface area (Å²) in [5.74, 6) is 0.529. The molecule has 0 aliphatic carbocycles. The van der Waals surface area contributed by atoms with Crippen LogP contribution in [-0.4, -0.2) is 37.2 Å². The van der Waals surface area contributed by atoms with Crippen molar-refractivity contribution in [2.45, 2.75) is 26.7 Å². The van der Waals surface area contributed by atoms with Gasteiger partial charge in [0.05, 0.1) is 5.75 Å². The first-order chi connectivity index (χ1) is 8.94. The van der Waals surface area contributed by atoms with Gasteiger partial charge in [0.2, 0.25) is 16.0 Å². The van der Waals surface area contributed by atoms with Crippen molar-refractivity contribution in [3.8, 4) is 0 Å². The third kappa shape index (κ3) is 4.43. The molecule has 0 saturated carbocycles. The Morgan fingerprint density at radius 3 is 2.42 bits per heavy atom.